The molecule has 1 aliphatic heterocycles. The Bertz CT molecular complexity index is 290. The Hall–Kier alpha value is -0.830. The van der Waals surface area contributed by atoms with E-state index in [-0.39, 0.29) is 0 Å². The molecular weight excluding hydrogens is 162 g/mol. The van der Waals surface area contributed by atoms with E-state index >= 15 is 0 Å². The van der Waals surface area contributed by atoms with Crippen LogP contribution in [0.25, 0.3) is 0 Å². The van der Waals surface area contributed by atoms with E-state index < -0.39 is 0 Å². The van der Waals surface area contributed by atoms with E-state index in [2.05, 4.69) is 35.3 Å². The summed E-state index contributed by atoms with van der Waals surface area (Å²) in [7, 11) is 2.20. The lowest BCUT2D eigenvalue weighted by atomic mass is 10.0. The Kier molecular flexibility index (Phi) is 2.12. The van der Waals surface area contributed by atoms with Gasteiger partial charge in [0.2, 0.25) is 0 Å². The summed E-state index contributed by atoms with van der Waals surface area (Å²) in [4.78, 5) is 6.59. The summed E-state index contributed by atoms with van der Waals surface area (Å²) < 4.78 is 2.27. The van der Waals surface area contributed by atoms with Crippen LogP contribution in [0.2, 0.25) is 0 Å². The lowest BCUT2D eigenvalue weighted by molar-refractivity contribution is 0.135. The number of hydrogen-bond acceptors (Lipinski definition) is 2. The van der Waals surface area contributed by atoms with Gasteiger partial charge in [0.1, 0.15) is 0 Å². The number of nitrogens with zero attached hydrogens (tertiary/aromatic N) is 3. The first kappa shape index (κ1) is 8.75. The number of likely N-dealkylation sites (N-methyl/N-ethyl adjacent to an activating group) is 1. The lowest BCUT2D eigenvalue weighted by Gasteiger charge is -2.36. The molecule has 3 heteroatoms. The van der Waals surface area contributed by atoms with Crippen LogP contribution in [0.15, 0.2) is 12.5 Å². The molecule has 0 N–H and O–H groups in total. The maximum atomic E-state index is 4.17. The Morgan fingerprint density at radius 1 is 1.54 bits per heavy atom. The highest BCUT2D eigenvalue weighted by Gasteiger charge is 2.25. The smallest absolute Gasteiger partial charge is 0.0949 e. The quantitative estimate of drug-likeness (QED) is 0.649. The molecule has 1 aliphatic rings. The summed E-state index contributed by atoms with van der Waals surface area (Å²) >= 11 is 0. The zero-order valence-corrected chi connectivity index (χ0v) is 8.57. The van der Waals surface area contributed by atoms with Crippen molar-refractivity contribution in [3.05, 3.63) is 18.2 Å². The number of hydrogen-bond donors (Lipinski definition) is 0. The molecule has 0 fully saturated rings. The topological polar surface area (TPSA) is 21.1 Å². The average Bonchev–Trinajstić information content (AvgIpc) is 2.48. The van der Waals surface area contributed by atoms with Crippen molar-refractivity contribution < 1.29 is 0 Å². The fraction of sp³-hybridized carbons (Fsp3) is 0.700. The predicted molar refractivity (Wildman–Crippen MR) is 52.3 cm³/mol. The van der Waals surface area contributed by atoms with Crippen LogP contribution in [0.3, 0.4) is 0 Å². The van der Waals surface area contributed by atoms with Gasteiger partial charge in [-0.2, -0.15) is 0 Å². The van der Waals surface area contributed by atoms with Gasteiger partial charge in [0.25, 0.3) is 0 Å². The van der Waals surface area contributed by atoms with Crippen LogP contribution < -0.4 is 0 Å². The number of rotatable bonds is 1. The van der Waals surface area contributed by atoms with Gasteiger partial charge in [-0.1, -0.05) is 13.8 Å². The van der Waals surface area contributed by atoms with Crippen molar-refractivity contribution in [2.45, 2.75) is 33.0 Å². The predicted octanol–water partition coefficient (Wildman–Crippen LogP) is 1.35. The normalized spacial score (nSPS) is 23.5. The molecule has 72 valence electrons. The molecule has 0 radical (unpaired) electrons. The molecule has 0 aromatic carbocycles. The van der Waals surface area contributed by atoms with Gasteiger partial charge in [0.15, 0.2) is 0 Å². The highest BCUT2D eigenvalue weighted by Crippen LogP contribution is 2.20. The van der Waals surface area contributed by atoms with Crippen molar-refractivity contribution in [1.82, 2.24) is 14.5 Å². The summed E-state index contributed by atoms with van der Waals surface area (Å²) in [6.07, 6.45) is 3.91. The van der Waals surface area contributed by atoms with Gasteiger partial charge < -0.3 is 4.57 Å². The zero-order chi connectivity index (χ0) is 9.42. The summed E-state index contributed by atoms with van der Waals surface area (Å²) in [5.41, 5.74) is 1.33. The lowest BCUT2D eigenvalue weighted by Crippen LogP contribution is -2.43. The van der Waals surface area contributed by atoms with E-state index in [1.807, 2.05) is 12.5 Å². The van der Waals surface area contributed by atoms with Crippen LogP contribution in [0, 0.1) is 5.92 Å². The Morgan fingerprint density at radius 3 is 3.00 bits per heavy atom. The Labute approximate surface area is 79.4 Å². The minimum atomic E-state index is 0.654. The van der Waals surface area contributed by atoms with Crippen molar-refractivity contribution in [3.63, 3.8) is 0 Å². The maximum absolute atomic E-state index is 4.17. The van der Waals surface area contributed by atoms with Crippen LogP contribution in [-0.4, -0.2) is 27.5 Å². The summed E-state index contributed by atoms with van der Waals surface area (Å²) in [5, 5.41) is 0. The monoisotopic (exact) mass is 179 g/mol. The second kappa shape index (κ2) is 3.14. The molecule has 0 aliphatic carbocycles. The first-order valence-electron chi connectivity index (χ1n) is 4.87. The Balaban J connectivity index is 2.22. The molecule has 3 nitrogen and oxygen atoms in total. The number of imidazole rings is 1. The van der Waals surface area contributed by atoms with Gasteiger partial charge in [-0.05, 0) is 13.0 Å². The van der Waals surface area contributed by atoms with Crippen molar-refractivity contribution in [2.24, 2.45) is 5.92 Å². The third-order valence-corrected chi connectivity index (χ3v) is 2.93. The molecular formula is C10H17N3. The molecule has 1 atom stereocenters. The second-order valence-electron chi connectivity index (χ2n) is 4.26. The fourth-order valence-electron chi connectivity index (χ4n) is 2.08. The van der Waals surface area contributed by atoms with Gasteiger partial charge >= 0.3 is 0 Å². The second-order valence-corrected chi connectivity index (χ2v) is 4.26. The van der Waals surface area contributed by atoms with E-state index in [0.29, 0.717) is 12.0 Å². The standard InChI is InChI=1S/C10H17N3/c1-8(2)10-6-13-7-11-4-9(13)5-12(10)3/h4,7-8,10H,5-6H2,1-3H3. The zero-order valence-electron chi connectivity index (χ0n) is 8.57. The molecule has 0 amide bonds. The molecule has 1 aromatic heterocycles. The first-order valence-corrected chi connectivity index (χ1v) is 4.87. The minimum Gasteiger partial charge on any atom is -0.332 e. The molecule has 0 bridgehead atoms. The molecule has 2 rings (SSSR count). The molecule has 1 aromatic rings. The summed E-state index contributed by atoms with van der Waals surface area (Å²) in [6, 6.07) is 0.654. The van der Waals surface area contributed by atoms with E-state index in [9.17, 15) is 0 Å². The average molecular weight is 179 g/mol. The minimum absolute atomic E-state index is 0.654. The van der Waals surface area contributed by atoms with E-state index in [1.165, 1.54) is 5.69 Å². The van der Waals surface area contributed by atoms with Gasteiger partial charge in [-0.15, -0.1) is 0 Å². The van der Waals surface area contributed by atoms with Crippen LogP contribution >= 0.6 is 0 Å². The molecule has 2 heterocycles. The highest BCUT2D eigenvalue weighted by atomic mass is 15.2. The SMILES string of the molecule is CC(C)C1Cn2cncc2CN1C. The van der Waals surface area contributed by atoms with Gasteiger partial charge in [0.05, 0.1) is 12.0 Å². The molecule has 0 spiro atoms. The molecule has 0 saturated carbocycles. The van der Waals surface area contributed by atoms with E-state index in [4.69, 9.17) is 0 Å². The highest BCUT2D eigenvalue weighted by molar-refractivity contribution is 5.02. The molecule has 1 unspecified atom stereocenters. The van der Waals surface area contributed by atoms with E-state index in [0.717, 1.165) is 13.1 Å². The summed E-state index contributed by atoms with van der Waals surface area (Å²) in [5.74, 6) is 0.709. The summed E-state index contributed by atoms with van der Waals surface area (Å²) in [6.45, 7) is 6.68. The Morgan fingerprint density at radius 2 is 2.31 bits per heavy atom. The van der Waals surface area contributed by atoms with Gasteiger partial charge in [0, 0.05) is 25.3 Å². The maximum Gasteiger partial charge on any atom is 0.0949 e. The number of aromatic nitrogens is 2. The van der Waals surface area contributed by atoms with Crippen LogP contribution in [0.4, 0.5) is 0 Å². The van der Waals surface area contributed by atoms with Crippen molar-refractivity contribution >= 4 is 0 Å². The van der Waals surface area contributed by atoms with Crippen LogP contribution in [-0.2, 0) is 13.1 Å². The van der Waals surface area contributed by atoms with Crippen LogP contribution in [0.5, 0.6) is 0 Å². The van der Waals surface area contributed by atoms with Crippen LogP contribution in [0.1, 0.15) is 19.5 Å². The first-order chi connectivity index (χ1) is 6.18. The fourth-order valence-corrected chi connectivity index (χ4v) is 2.08. The molecule has 0 saturated heterocycles. The van der Waals surface area contributed by atoms with Crippen molar-refractivity contribution in [2.75, 3.05) is 7.05 Å². The van der Waals surface area contributed by atoms with Gasteiger partial charge in [-0.25, -0.2) is 4.98 Å². The largest absolute Gasteiger partial charge is 0.332 e. The third-order valence-electron chi connectivity index (χ3n) is 2.93. The van der Waals surface area contributed by atoms with Crippen molar-refractivity contribution in [1.29, 1.82) is 0 Å². The molecule has 13 heavy (non-hydrogen) atoms. The van der Waals surface area contributed by atoms with Crippen molar-refractivity contribution in [3.8, 4) is 0 Å². The van der Waals surface area contributed by atoms with E-state index in [1.54, 1.807) is 0 Å². The number of fused-ring (bicyclic) bond motifs is 1. The van der Waals surface area contributed by atoms with Gasteiger partial charge in [-0.3, -0.25) is 4.90 Å². The third kappa shape index (κ3) is 1.48.